The maximum absolute atomic E-state index is 12.7. The minimum atomic E-state index is -4.42. The molecular formula is C15H19F3N2O2. The molecule has 3 N–H and O–H groups in total. The third-order valence-electron chi connectivity index (χ3n) is 3.34. The van der Waals surface area contributed by atoms with Gasteiger partial charge in [-0.3, -0.25) is 9.59 Å². The van der Waals surface area contributed by atoms with Gasteiger partial charge in [0.1, 0.15) is 5.54 Å². The van der Waals surface area contributed by atoms with Gasteiger partial charge in [0.15, 0.2) is 0 Å². The number of hydrogen-bond donors (Lipinski definition) is 2. The Bertz CT molecular complexity index is 568. The van der Waals surface area contributed by atoms with Crippen molar-refractivity contribution in [3.63, 3.8) is 0 Å². The van der Waals surface area contributed by atoms with Crippen molar-refractivity contribution in [3.8, 4) is 0 Å². The van der Waals surface area contributed by atoms with Gasteiger partial charge in [0.25, 0.3) is 0 Å². The van der Waals surface area contributed by atoms with Gasteiger partial charge in [-0.25, -0.2) is 0 Å². The van der Waals surface area contributed by atoms with Crippen LogP contribution in [0.15, 0.2) is 24.3 Å². The fourth-order valence-corrected chi connectivity index (χ4v) is 1.88. The molecule has 0 saturated carbocycles. The fourth-order valence-electron chi connectivity index (χ4n) is 1.88. The molecule has 0 saturated heterocycles. The summed E-state index contributed by atoms with van der Waals surface area (Å²) in [5.74, 6) is -1.56. The van der Waals surface area contributed by atoms with E-state index in [1.54, 1.807) is 6.92 Å². The first kappa shape index (κ1) is 18.0. The van der Waals surface area contributed by atoms with Crippen LogP contribution in [0.25, 0.3) is 0 Å². The van der Waals surface area contributed by atoms with Crippen LogP contribution < -0.4 is 11.1 Å². The molecule has 0 aliphatic rings. The summed E-state index contributed by atoms with van der Waals surface area (Å²) in [5.41, 5.74) is 3.60. The predicted octanol–water partition coefficient (Wildman–Crippen LogP) is 2.58. The van der Waals surface area contributed by atoms with E-state index in [1.165, 1.54) is 26.0 Å². The van der Waals surface area contributed by atoms with E-state index in [-0.39, 0.29) is 6.42 Å². The molecule has 0 unspecified atom stereocenters. The van der Waals surface area contributed by atoms with Crippen LogP contribution in [0.4, 0.5) is 13.2 Å². The van der Waals surface area contributed by atoms with Gasteiger partial charge < -0.3 is 11.1 Å². The smallest absolute Gasteiger partial charge is 0.368 e. The average molecular weight is 316 g/mol. The molecule has 2 amide bonds. The number of nitrogens with one attached hydrogen (secondary N) is 1. The standard InChI is InChI=1S/C15H19F3N2O2/c1-9(7-12(21)20-14(2,3)13(19)22)10-5-4-6-11(8-10)15(16,17)18/h4-6,8-9H,7H2,1-3H3,(H2,19,22)(H,20,21)/t9-/m1/s1. The zero-order valence-electron chi connectivity index (χ0n) is 12.6. The first-order valence-electron chi connectivity index (χ1n) is 6.71. The summed E-state index contributed by atoms with van der Waals surface area (Å²) in [5, 5.41) is 2.47. The number of rotatable bonds is 5. The van der Waals surface area contributed by atoms with E-state index in [4.69, 9.17) is 5.73 Å². The zero-order chi connectivity index (χ0) is 17.1. The molecule has 0 aliphatic carbocycles. The minimum absolute atomic E-state index is 0.0436. The van der Waals surface area contributed by atoms with E-state index in [0.717, 1.165) is 12.1 Å². The van der Waals surface area contributed by atoms with E-state index in [9.17, 15) is 22.8 Å². The largest absolute Gasteiger partial charge is 0.416 e. The second kappa shape index (κ2) is 6.37. The molecule has 1 rings (SSSR count). The van der Waals surface area contributed by atoms with Crippen LogP contribution in [0.2, 0.25) is 0 Å². The Morgan fingerprint density at radius 3 is 2.36 bits per heavy atom. The first-order valence-corrected chi connectivity index (χ1v) is 6.71. The quantitative estimate of drug-likeness (QED) is 0.876. The number of carbonyl (C=O) groups excluding carboxylic acids is 2. The molecule has 0 heterocycles. The second-order valence-electron chi connectivity index (χ2n) is 5.77. The van der Waals surface area contributed by atoms with Crippen molar-refractivity contribution < 1.29 is 22.8 Å². The highest BCUT2D eigenvalue weighted by molar-refractivity contribution is 5.89. The highest BCUT2D eigenvalue weighted by atomic mass is 19.4. The molecule has 0 spiro atoms. The number of primary amides is 1. The predicted molar refractivity (Wildman–Crippen MR) is 75.9 cm³/mol. The molecule has 4 nitrogen and oxygen atoms in total. The van der Waals surface area contributed by atoms with E-state index >= 15 is 0 Å². The topological polar surface area (TPSA) is 72.2 Å². The van der Waals surface area contributed by atoms with Crippen LogP contribution in [0.5, 0.6) is 0 Å². The van der Waals surface area contributed by atoms with Gasteiger partial charge in [0, 0.05) is 6.42 Å². The molecule has 1 aromatic rings. The first-order chi connectivity index (χ1) is 9.93. The van der Waals surface area contributed by atoms with Crippen molar-refractivity contribution >= 4 is 11.8 Å². The lowest BCUT2D eigenvalue weighted by molar-refractivity contribution is -0.137. The Kier molecular flexibility index (Phi) is 5.22. The molecule has 7 heteroatoms. The molecule has 1 aromatic carbocycles. The molecule has 1 atom stereocenters. The third kappa shape index (κ3) is 4.75. The Hall–Kier alpha value is -2.05. The monoisotopic (exact) mass is 316 g/mol. The molecule has 0 aliphatic heterocycles. The number of benzene rings is 1. The lowest BCUT2D eigenvalue weighted by Crippen LogP contribution is -2.53. The number of hydrogen-bond acceptors (Lipinski definition) is 2. The van der Waals surface area contributed by atoms with Gasteiger partial charge in [0.2, 0.25) is 11.8 Å². The lowest BCUT2D eigenvalue weighted by Gasteiger charge is -2.23. The molecule has 22 heavy (non-hydrogen) atoms. The highest BCUT2D eigenvalue weighted by Crippen LogP contribution is 2.31. The Labute approximate surface area is 126 Å². The minimum Gasteiger partial charge on any atom is -0.368 e. The molecule has 0 fully saturated rings. The zero-order valence-corrected chi connectivity index (χ0v) is 12.6. The van der Waals surface area contributed by atoms with Crippen molar-refractivity contribution in [3.05, 3.63) is 35.4 Å². The van der Waals surface area contributed by atoms with Crippen molar-refractivity contribution in [1.82, 2.24) is 5.32 Å². The fraction of sp³-hybridized carbons (Fsp3) is 0.467. The third-order valence-corrected chi connectivity index (χ3v) is 3.34. The summed E-state index contributed by atoms with van der Waals surface area (Å²) < 4.78 is 38.0. The molecule has 0 bridgehead atoms. The maximum Gasteiger partial charge on any atom is 0.416 e. The van der Waals surface area contributed by atoms with Crippen LogP contribution in [-0.4, -0.2) is 17.4 Å². The van der Waals surface area contributed by atoms with Crippen LogP contribution in [-0.2, 0) is 15.8 Å². The van der Waals surface area contributed by atoms with Crippen molar-refractivity contribution in [1.29, 1.82) is 0 Å². The summed E-state index contributed by atoms with van der Waals surface area (Å²) in [6.45, 7) is 4.57. The van der Waals surface area contributed by atoms with Gasteiger partial charge >= 0.3 is 6.18 Å². The van der Waals surface area contributed by atoms with E-state index < -0.39 is 35.0 Å². The van der Waals surface area contributed by atoms with Crippen LogP contribution in [0.1, 0.15) is 44.2 Å². The number of carbonyl (C=O) groups is 2. The molecule has 0 aromatic heterocycles. The van der Waals surface area contributed by atoms with Gasteiger partial charge in [-0.15, -0.1) is 0 Å². The van der Waals surface area contributed by atoms with Crippen molar-refractivity contribution in [2.75, 3.05) is 0 Å². The summed E-state index contributed by atoms with van der Waals surface area (Å²) in [7, 11) is 0. The van der Waals surface area contributed by atoms with Gasteiger partial charge in [0.05, 0.1) is 5.56 Å². The summed E-state index contributed by atoms with van der Waals surface area (Å²) in [6, 6.07) is 4.84. The number of amides is 2. The average Bonchev–Trinajstić information content (AvgIpc) is 2.36. The van der Waals surface area contributed by atoms with Gasteiger partial charge in [-0.1, -0.05) is 25.1 Å². The molecule has 122 valence electrons. The van der Waals surface area contributed by atoms with E-state index in [1.807, 2.05) is 0 Å². The Balaban J connectivity index is 2.79. The Morgan fingerprint density at radius 1 is 1.27 bits per heavy atom. The number of halogens is 3. The van der Waals surface area contributed by atoms with Crippen molar-refractivity contribution in [2.24, 2.45) is 5.73 Å². The molecule has 0 radical (unpaired) electrons. The number of nitrogens with two attached hydrogens (primary N) is 1. The van der Waals surface area contributed by atoms with Crippen LogP contribution >= 0.6 is 0 Å². The maximum atomic E-state index is 12.7. The second-order valence-corrected chi connectivity index (χ2v) is 5.77. The van der Waals surface area contributed by atoms with E-state index in [0.29, 0.717) is 5.56 Å². The van der Waals surface area contributed by atoms with Crippen LogP contribution in [0, 0.1) is 0 Å². The summed E-state index contributed by atoms with van der Waals surface area (Å²) in [4.78, 5) is 23.0. The lowest BCUT2D eigenvalue weighted by atomic mass is 9.95. The summed E-state index contributed by atoms with van der Waals surface area (Å²) >= 11 is 0. The van der Waals surface area contributed by atoms with Gasteiger partial charge in [-0.2, -0.15) is 13.2 Å². The van der Waals surface area contributed by atoms with E-state index in [2.05, 4.69) is 5.32 Å². The number of alkyl halides is 3. The normalized spacial score (nSPS) is 13.5. The highest BCUT2D eigenvalue weighted by Gasteiger charge is 2.31. The van der Waals surface area contributed by atoms with Gasteiger partial charge in [-0.05, 0) is 31.4 Å². The van der Waals surface area contributed by atoms with Crippen LogP contribution in [0.3, 0.4) is 0 Å². The SMILES string of the molecule is C[C@H](CC(=O)NC(C)(C)C(N)=O)c1cccc(C(F)(F)F)c1. The summed E-state index contributed by atoms with van der Waals surface area (Å²) in [6.07, 6.45) is -4.47. The molecular weight excluding hydrogens is 297 g/mol. The van der Waals surface area contributed by atoms with Crippen molar-refractivity contribution in [2.45, 2.75) is 44.8 Å². The Morgan fingerprint density at radius 2 is 1.86 bits per heavy atom.